The molecule has 1 nitrogen and oxygen atoms in total. The molecule has 0 saturated heterocycles. The van der Waals surface area contributed by atoms with E-state index in [1.54, 1.807) is 18.2 Å². The van der Waals surface area contributed by atoms with E-state index in [2.05, 4.69) is 11.9 Å². The maximum atomic E-state index is 13.0. The van der Waals surface area contributed by atoms with Crippen LogP contribution in [0.3, 0.4) is 0 Å². The zero-order valence-corrected chi connectivity index (χ0v) is 6.89. The molecule has 12 heavy (non-hydrogen) atoms. The first-order valence-electron chi connectivity index (χ1n) is 3.89. The van der Waals surface area contributed by atoms with Gasteiger partial charge in [0.1, 0.15) is 5.82 Å². The summed E-state index contributed by atoms with van der Waals surface area (Å²) in [6.45, 7) is 4.82. The largest absolute Gasteiger partial charge is 0.309 e. The van der Waals surface area contributed by atoms with Gasteiger partial charge in [0.25, 0.3) is 0 Å². The van der Waals surface area contributed by atoms with Gasteiger partial charge in [0.15, 0.2) is 0 Å². The highest BCUT2D eigenvalue weighted by Crippen LogP contribution is 2.04. The number of benzene rings is 1. The second-order valence-electron chi connectivity index (χ2n) is 2.51. The third kappa shape index (κ3) is 2.47. The highest BCUT2D eigenvalue weighted by Gasteiger charge is 1.97. The molecule has 0 fully saturated rings. The van der Waals surface area contributed by atoms with Crippen LogP contribution >= 0.6 is 0 Å². The van der Waals surface area contributed by atoms with Crippen molar-refractivity contribution in [2.75, 3.05) is 6.54 Å². The van der Waals surface area contributed by atoms with Crippen LogP contribution in [0, 0.1) is 5.82 Å². The molecule has 1 aromatic carbocycles. The molecule has 0 bridgehead atoms. The molecule has 0 spiro atoms. The number of nitrogens with one attached hydrogen (secondary N) is 1. The second-order valence-corrected chi connectivity index (χ2v) is 2.51. The molecule has 0 aromatic heterocycles. The summed E-state index contributed by atoms with van der Waals surface area (Å²) in [5.41, 5.74) is 0.694. The lowest BCUT2D eigenvalue weighted by Gasteiger charge is -2.02. The van der Waals surface area contributed by atoms with Crippen LogP contribution in [0.15, 0.2) is 36.9 Å². The summed E-state index contributed by atoms with van der Waals surface area (Å²) >= 11 is 0. The Kier molecular flexibility index (Phi) is 3.48. The molecule has 64 valence electrons. The summed E-state index contributed by atoms with van der Waals surface area (Å²) < 4.78 is 13.0. The smallest absolute Gasteiger partial charge is 0.127 e. The first kappa shape index (κ1) is 8.94. The normalized spacial score (nSPS) is 9.75. The minimum Gasteiger partial charge on any atom is -0.309 e. The molecule has 0 saturated carbocycles. The van der Waals surface area contributed by atoms with Gasteiger partial charge in [-0.15, -0.1) is 6.58 Å². The van der Waals surface area contributed by atoms with Crippen molar-refractivity contribution in [2.45, 2.75) is 6.54 Å². The molecule has 1 aromatic rings. The van der Waals surface area contributed by atoms with E-state index >= 15 is 0 Å². The van der Waals surface area contributed by atoms with E-state index in [9.17, 15) is 4.39 Å². The van der Waals surface area contributed by atoms with Crippen molar-refractivity contribution in [3.63, 3.8) is 0 Å². The van der Waals surface area contributed by atoms with Gasteiger partial charge in [-0.2, -0.15) is 0 Å². The van der Waals surface area contributed by atoms with Crippen LogP contribution in [-0.4, -0.2) is 6.54 Å². The fraction of sp³-hybridized carbons (Fsp3) is 0.200. The summed E-state index contributed by atoms with van der Waals surface area (Å²) in [7, 11) is 0. The summed E-state index contributed by atoms with van der Waals surface area (Å²) in [6.07, 6.45) is 1.75. The van der Waals surface area contributed by atoms with Crippen molar-refractivity contribution < 1.29 is 4.39 Å². The van der Waals surface area contributed by atoms with E-state index in [0.29, 0.717) is 18.7 Å². The van der Waals surface area contributed by atoms with Gasteiger partial charge >= 0.3 is 0 Å². The molecule has 0 aliphatic heterocycles. The lowest BCUT2D eigenvalue weighted by Crippen LogP contribution is -2.13. The minimum atomic E-state index is -0.158. The lowest BCUT2D eigenvalue weighted by molar-refractivity contribution is 0.597. The highest BCUT2D eigenvalue weighted by molar-refractivity contribution is 5.16. The Balaban J connectivity index is 2.51. The molecule has 2 heteroatoms. The summed E-state index contributed by atoms with van der Waals surface area (Å²) in [5, 5.41) is 3.03. The van der Waals surface area contributed by atoms with E-state index < -0.39 is 0 Å². The molecule has 0 heterocycles. The molecule has 0 aliphatic rings. The van der Waals surface area contributed by atoms with E-state index in [1.807, 2.05) is 6.07 Å². The topological polar surface area (TPSA) is 12.0 Å². The van der Waals surface area contributed by atoms with Gasteiger partial charge < -0.3 is 5.32 Å². The Morgan fingerprint density at radius 2 is 2.17 bits per heavy atom. The van der Waals surface area contributed by atoms with E-state index in [1.165, 1.54) is 6.07 Å². The predicted octanol–water partition coefficient (Wildman–Crippen LogP) is 2.10. The van der Waals surface area contributed by atoms with Crippen molar-refractivity contribution >= 4 is 0 Å². The van der Waals surface area contributed by atoms with Crippen LogP contribution < -0.4 is 5.32 Å². The number of rotatable bonds is 4. The Labute approximate surface area is 71.9 Å². The average molecular weight is 165 g/mol. The molecular weight excluding hydrogens is 153 g/mol. The molecule has 0 atom stereocenters. The third-order valence-corrected chi connectivity index (χ3v) is 1.56. The van der Waals surface area contributed by atoms with E-state index in [4.69, 9.17) is 0 Å². The first-order chi connectivity index (χ1) is 5.84. The SMILES string of the molecule is C=CCNCc1ccccc1F. The van der Waals surface area contributed by atoms with Crippen molar-refractivity contribution in [1.29, 1.82) is 0 Å². The summed E-state index contributed by atoms with van der Waals surface area (Å²) in [4.78, 5) is 0. The summed E-state index contributed by atoms with van der Waals surface area (Å²) in [5.74, 6) is -0.158. The van der Waals surface area contributed by atoms with Gasteiger partial charge in [0.05, 0.1) is 0 Å². The van der Waals surface area contributed by atoms with Crippen LogP contribution in [0.1, 0.15) is 5.56 Å². The number of hydrogen-bond donors (Lipinski definition) is 1. The Morgan fingerprint density at radius 1 is 1.42 bits per heavy atom. The highest BCUT2D eigenvalue weighted by atomic mass is 19.1. The van der Waals surface area contributed by atoms with E-state index in [0.717, 1.165) is 0 Å². The predicted molar refractivity (Wildman–Crippen MR) is 48.3 cm³/mol. The van der Waals surface area contributed by atoms with Crippen LogP contribution in [0.5, 0.6) is 0 Å². The second kappa shape index (κ2) is 4.67. The van der Waals surface area contributed by atoms with Gasteiger partial charge in [0, 0.05) is 18.7 Å². The van der Waals surface area contributed by atoms with Crippen LogP contribution in [0.2, 0.25) is 0 Å². The van der Waals surface area contributed by atoms with Gasteiger partial charge in [0.2, 0.25) is 0 Å². The molecule has 0 amide bonds. The number of halogens is 1. The quantitative estimate of drug-likeness (QED) is 0.532. The molecular formula is C10H12FN. The molecule has 0 aliphatic carbocycles. The van der Waals surface area contributed by atoms with Crippen LogP contribution in [-0.2, 0) is 6.54 Å². The molecule has 0 radical (unpaired) electrons. The zero-order valence-electron chi connectivity index (χ0n) is 6.89. The van der Waals surface area contributed by atoms with Gasteiger partial charge in [-0.1, -0.05) is 24.3 Å². The van der Waals surface area contributed by atoms with Crippen LogP contribution in [0.25, 0.3) is 0 Å². The average Bonchev–Trinajstić information content (AvgIpc) is 2.09. The molecule has 0 unspecified atom stereocenters. The molecule has 1 N–H and O–H groups in total. The standard InChI is InChI=1S/C10H12FN/c1-2-7-12-8-9-5-3-4-6-10(9)11/h2-6,12H,1,7-8H2. The van der Waals surface area contributed by atoms with Gasteiger partial charge in [-0.3, -0.25) is 0 Å². The van der Waals surface area contributed by atoms with Crippen LogP contribution in [0.4, 0.5) is 4.39 Å². The Morgan fingerprint density at radius 3 is 2.83 bits per heavy atom. The van der Waals surface area contributed by atoms with Crippen molar-refractivity contribution in [3.8, 4) is 0 Å². The lowest BCUT2D eigenvalue weighted by atomic mass is 10.2. The molecule has 1 rings (SSSR count). The van der Waals surface area contributed by atoms with Gasteiger partial charge in [-0.05, 0) is 6.07 Å². The Hall–Kier alpha value is -1.15. The fourth-order valence-corrected chi connectivity index (χ4v) is 0.951. The Bertz CT molecular complexity index is 258. The zero-order chi connectivity index (χ0) is 8.81. The maximum Gasteiger partial charge on any atom is 0.127 e. The summed E-state index contributed by atoms with van der Waals surface area (Å²) in [6, 6.07) is 6.75. The van der Waals surface area contributed by atoms with Crippen molar-refractivity contribution in [3.05, 3.63) is 48.3 Å². The third-order valence-electron chi connectivity index (χ3n) is 1.56. The number of hydrogen-bond acceptors (Lipinski definition) is 1. The first-order valence-corrected chi connectivity index (χ1v) is 3.89. The fourth-order valence-electron chi connectivity index (χ4n) is 0.951. The maximum absolute atomic E-state index is 13.0. The van der Waals surface area contributed by atoms with Crippen molar-refractivity contribution in [2.24, 2.45) is 0 Å². The minimum absolute atomic E-state index is 0.158. The monoisotopic (exact) mass is 165 g/mol. The van der Waals surface area contributed by atoms with Crippen molar-refractivity contribution in [1.82, 2.24) is 5.32 Å². The van der Waals surface area contributed by atoms with Gasteiger partial charge in [-0.25, -0.2) is 4.39 Å². The van der Waals surface area contributed by atoms with E-state index in [-0.39, 0.29) is 5.82 Å².